The monoisotopic (exact) mass is 806 g/mol. The number of para-hydroxylation sites is 1. The molecule has 0 bridgehead atoms. The summed E-state index contributed by atoms with van der Waals surface area (Å²) in [5.74, 6) is 0. The Labute approximate surface area is 364 Å². The van der Waals surface area contributed by atoms with Crippen LogP contribution in [0, 0.1) is 0 Å². The highest BCUT2D eigenvalue weighted by atomic mass is 32.1. The van der Waals surface area contributed by atoms with Crippen molar-refractivity contribution >= 4 is 98.9 Å². The highest BCUT2D eigenvalue weighted by Crippen LogP contribution is 2.56. The first-order valence-electron chi connectivity index (χ1n) is 22.0. The molecular formula is C58H39BN2S. The number of benzene rings is 9. The summed E-state index contributed by atoms with van der Waals surface area (Å²) < 4.78 is 5.41. The second-order valence-electron chi connectivity index (χ2n) is 19.2. The van der Waals surface area contributed by atoms with Crippen molar-refractivity contribution in [2.75, 3.05) is 4.90 Å². The third kappa shape index (κ3) is 3.91. The lowest BCUT2D eigenvalue weighted by Gasteiger charge is -2.41. The molecule has 4 heterocycles. The van der Waals surface area contributed by atoms with Gasteiger partial charge in [-0.15, -0.1) is 11.3 Å². The van der Waals surface area contributed by atoms with Gasteiger partial charge in [-0.1, -0.05) is 149 Å². The van der Waals surface area contributed by atoms with Crippen molar-refractivity contribution in [2.24, 2.45) is 0 Å². The molecule has 2 nitrogen and oxygen atoms in total. The van der Waals surface area contributed by atoms with Gasteiger partial charge < -0.3 is 9.38 Å². The van der Waals surface area contributed by atoms with Crippen LogP contribution in [-0.2, 0) is 10.8 Å². The molecule has 4 heteroatoms. The van der Waals surface area contributed by atoms with Crippen LogP contribution in [0.1, 0.15) is 49.9 Å². The zero-order valence-electron chi connectivity index (χ0n) is 35.0. The van der Waals surface area contributed by atoms with E-state index in [4.69, 9.17) is 0 Å². The lowest BCUT2D eigenvalue weighted by atomic mass is 9.44. The summed E-state index contributed by atoms with van der Waals surface area (Å²) in [5, 5.41) is 7.92. The first kappa shape index (κ1) is 33.8. The number of hydrogen-bond acceptors (Lipinski definition) is 2. The van der Waals surface area contributed by atoms with Gasteiger partial charge >= 0.3 is 6.85 Å². The van der Waals surface area contributed by atoms with E-state index >= 15 is 0 Å². The highest BCUT2D eigenvalue weighted by Gasteiger charge is 2.47. The van der Waals surface area contributed by atoms with Crippen LogP contribution < -0.4 is 15.8 Å². The number of rotatable bonds is 1. The van der Waals surface area contributed by atoms with Gasteiger partial charge in [0.15, 0.2) is 0 Å². The van der Waals surface area contributed by atoms with E-state index in [1.54, 1.807) is 0 Å². The predicted octanol–water partition coefficient (Wildman–Crippen LogP) is 14.3. The molecular weight excluding hydrogens is 768 g/mol. The van der Waals surface area contributed by atoms with Gasteiger partial charge in [0.2, 0.25) is 0 Å². The normalized spacial score (nSPS) is 15.6. The Hall–Kier alpha value is -6.88. The minimum absolute atomic E-state index is 0.0516. The molecule has 0 radical (unpaired) electrons. The van der Waals surface area contributed by atoms with Gasteiger partial charge in [-0.2, -0.15) is 0 Å². The quantitative estimate of drug-likeness (QED) is 0.150. The second kappa shape index (κ2) is 11.1. The van der Waals surface area contributed by atoms with Crippen LogP contribution in [0.5, 0.6) is 0 Å². The van der Waals surface area contributed by atoms with Crippen molar-refractivity contribution in [3.05, 3.63) is 186 Å². The second-order valence-corrected chi connectivity index (χ2v) is 20.3. The van der Waals surface area contributed by atoms with Crippen LogP contribution in [0.3, 0.4) is 0 Å². The molecule has 0 fully saturated rings. The van der Waals surface area contributed by atoms with Crippen molar-refractivity contribution in [3.8, 4) is 33.4 Å². The fraction of sp³-hybridized carbons (Fsp3) is 0.103. The molecule has 4 aliphatic rings. The lowest BCUT2D eigenvalue weighted by Crippen LogP contribution is -2.57. The fourth-order valence-corrected chi connectivity index (χ4v) is 13.9. The SMILES string of the molecule is CC1(C)c2ccccc2-c2cc(N3c4cc5c(cc4B4c6c3cc3sc7ccccc7c3c6-c3cccc6c7cc8ccccc8cc7n4c36)C(C)(C)c3ccccc3-5)ccc21. The topological polar surface area (TPSA) is 8.17 Å². The van der Waals surface area contributed by atoms with E-state index in [2.05, 4.69) is 201 Å². The van der Waals surface area contributed by atoms with Crippen LogP contribution in [0.2, 0.25) is 0 Å². The summed E-state index contributed by atoms with van der Waals surface area (Å²) >= 11 is 1.93. The summed E-state index contributed by atoms with van der Waals surface area (Å²) in [6, 6.07) is 63.2. The minimum atomic E-state index is -0.151. The standard InChI is InChI=1S/C58H39BN2S/c1-57(2)43-21-10-7-16-35(43)40-28-34(24-25-45(40)57)60-49-29-41-36-17-8-11-22-44(36)58(3,4)46(41)30-47(49)59-55-50(60)31-52-53(38-18-9-12-23-51(38)62-52)54(55)39-20-13-19-37-42-26-32-14-5-6-15-33(32)27-48(42)61(59)56(37)39/h5-31H,1-4H3. The number of fused-ring (bicyclic) bond motifs is 18. The molecule has 62 heavy (non-hydrogen) atoms. The molecule has 0 saturated heterocycles. The summed E-state index contributed by atoms with van der Waals surface area (Å²) in [6.45, 7) is 9.57. The van der Waals surface area contributed by atoms with Crippen LogP contribution in [0.25, 0.3) is 86.1 Å². The van der Waals surface area contributed by atoms with E-state index in [1.165, 1.54) is 136 Å². The summed E-state index contributed by atoms with van der Waals surface area (Å²) in [7, 11) is 0. The minimum Gasteiger partial charge on any atom is -0.375 e. The summed E-state index contributed by atoms with van der Waals surface area (Å²) in [5.41, 5.74) is 22.6. The first-order chi connectivity index (χ1) is 30.3. The smallest absolute Gasteiger partial charge is 0.333 e. The van der Waals surface area contributed by atoms with Gasteiger partial charge in [0.25, 0.3) is 0 Å². The number of anilines is 3. The van der Waals surface area contributed by atoms with Crippen molar-refractivity contribution < 1.29 is 0 Å². The number of aromatic nitrogens is 1. The third-order valence-electron chi connectivity index (χ3n) is 15.5. The Morgan fingerprint density at radius 1 is 0.468 bits per heavy atom. The molecule has 0 atom stereocenters. The van der Waals surface area contributed by atoms with Gasteiger partial charge in [-0.3, -0.25) is 0 Å². The van der Waals surface area contributed by atoms with Crippen LogP contribution in [0.15, 0.2) is 164 Å². The van der Waals surface area contributed by atoms with Crippen LogP contribution in [-0.4, -0.2) is 11.3 Å². The van der Waals surface area contributed by atoms with Gasteiger partial charge in [-0.05, 0) is 114 Å². The third-order valence-corrected chi connectivity index (χ3v) is 16.6. The van der Waals surface area contributed by atoms with E-state index < -0.39 is 0 Å². The largest absolute Gasteiger partial charge is 0.375 e. The van der Waals surface area contributed by atoms with E-state index in [0.29, 0.717) is 0 Å². The Balaban J connectivity index is 1.14. The molecule has 0 N–H and O–H groups in total. The maximum atomic E-state index is 2.75. The Morgan fingerprint density at radius 3 is 1.92 bits per heavy atom. The molecule has 9 aromatic carbocycles. The van der Waals surface area contributed by atoms with E-state index in [9.17, 15) is 0 Å². The molecule has 0 saturated carbocycles. The molecule has 15 rings (SSSR count). The van der Waals surface area contributed by atoms with E-state index in [0.717, 1.165) is 0 Å². The predicted molar refractivity (Wildman–Crippen MR) is 266 cm³/mol. The molecule has 0 spiro atoms. The maximum absolute atomic E-state index is 2.75. The van der Waals surface area contributed by atoms with Gasteiger partial charge in [0.05, 0.1) is 0 Å². The molecule has 2 aromatic heterocycles. The number of thiophene rings is 1. The maximum Gasteiger partial charge on any atom is 0.333 e. The Morgan fingerprint density at radius 2 is 1.11 bits per heavy atom. The van der Waals surface area contributed by atoms with Gasteiger partial charge in [-0.25, -0.2) is 0 Å². The lowest BCUT2D eigenvalue weighted by molar-refractivity contribution is 0.660. The van der Waals surface area contributed by atoms with Crippen molar-refractivity contribution in [2.45, 2.75) is 38.5 Å². The summed E-state index contributed by atoms with van der Waals surface area (Å²) in [4.78, 5) is 2.66. The van der Waals surface area contributed by atoms with Gasteiger partial charge in [0, 0.05) is 75.4 Å². The first-order valence-corrected chi connectivity index (χ1v) is 22.9. The average molecular weight is 807 g/mol. The molecule has 2 aliphatic carbocycles. The summed E-state index contributed by atoms with van der Waals surface area (Å²) in [6.07, 6.45) is 0. The highest BCUT2D eigenvalue weighted by molar-refractivity contribution is 7.26. The molecule has 0 amide bonds. The van der Waals surface area contributed by atoms with E-state index in [1.807, 2.05) is 11.3 Å². The van der Waals surface area contributed by atoms with Crippen LogP contribution in [0.4, 0.5) is 17.1 Å². The Kier molecular flexibility index (Phi) is 6.07. The zero-order valence-corrected chi connectivity index (χ0v) is 35.8. The average Bonchev–Trinajstić information content (AvgIpc) is 3.97. The number of nitrogens with zero attached hydrogens (tertiary/aromatic N) is 2. The van der Waals surface area contributed by atoms with Crippen molar-refractivity contribution in [1.29, 1.82) is 0 Å². The van der Waals surface area contributed by atoms with E-state index in [-0.39, 0.29) is 17.7 Å². The fourth-order valence-electron chi connectivity index (χ4n) is 12.7. The Bertz CT molecular complexity index is 3900. The van der Waals surface area contributed by atoms with Crippen LogP contribution >= 0.6 is 11.3 Å². The van der Waals surface area contributed by atoms with Crippen molar-refractivity contribution in [3.63, 3.8) is 0 Å². The van der Waals surface area contributed by atoms with Crippen molar-refractivity contribution in [1.82, 2.24) is 4.48 Å². The molecule has 2 aliphatic heterocycles. The molecule has 11 aromatic rings. The number of hydrogen-bond donors (Lipinski definition) is 0. The molecule has 0 unspecified atom stereocenters. The zero-order chi connectivity index (χ0) is 41.0. The molecule has 290 valence electrons. The van der Waals surface area contributed by atoms with Gasteiger partial charge in [0.1, 0.15) is 0 Å².